The van der Waals surface area contributed by atoms with Crippen molar-refractivity contribution in [1.29, 1.82) is 0 Å². The number of amides is 2. The molecular formula is C17H14ClFN2O3. The minimum atomic E-state index is -0.495. The minimum Gasteiger partial charge on any atom is -0.482 e. The van der Waals surface area contributed by atoms with Crippen molar-refractivity contribution in [1.82, 2.24) is 0 Å². The van der Waals surface area contributed by atoms with E-state index in [9.17, 15) is 14.0 Å². The number of ether oxygens (including phenoxy) is 1. The molecule has 0 atom stereocenters. The lowest BCUT2D eigenvalue weighted by Gasteiger charge is -2.29. The Morgan fingerprint density at radius 1 is 1.33 bits per heavy atom. The van der Waals surface area contributed by atoms with Gasteiger partial charge in [0.1, 0.15) is 18.1 Å². The van der Waals surface area contributed by atoms with E-state index in [2.05, 4.69) is 5.32 Å². The topological polar surface area (TPSA) is 58.6 Å². The Bertz CT molecular complexity index is 825. The van der Waals surface area contributed by atoms with Crippen molar-refractivity contribution >= 4 is 34.8 Å². The number of rotatable bonds is 3. The largest absolute Gasteiger partial charge is 0.482 e. The number of carbonyl (C=O) groups excluding carboxylic acids is 2. The third-order valence-corrected chi connectivity index (χ3v) is 3.88. The maximum absolute atomic E-state index is 13.0. The van der Waals surface area contributed by atoms with E-state index in [1.165, 1.54) is 17.0 Å². The Kier molecular flexibility index (Phi) is 4.40. The molecule has 1 heterocycles. The fourth-order valence-corrected chi connectivity index (χ4v) is 2.62. The number of nitrogens with one attached hydrogen (secondary N) is 1. The van der Waals surface area contributed by atoms with Gasteiger partial charge in [0, 0.05) is 0 Å². The second kappa shape index (κ2) is 6.49. The highest BCUT2D eigenvalue weighted by Crippen LogP contribution is 2.32. The van der Waals surface area contributed by atoms with Gasteiger partial charge in [0.05, 0.1) is 16.4 Å². The maximum Gasteiger partial charge on any atom is 0.265 e. The van der Waals surface area contributed by atoms with Crippen molar-refractivity contribution in [3.63, 3.8) is 0 Å². The Morgan fingerprint density at radius 2 is 2.12 bits per heavy atom. The number of hydrogen-bond donors (Lipinski definition) is 1. The Balaban J connectivity index is 1.78. The van der Waals surface area contributed by atoms with Gasteiger partial charge in [-0.2, -0.15) is 0 Å². The number of hydrogen-bond acceptors (Lipinski definition) is 3. The van der Waals surface area contributed by atoms with Gasteiger partial charge in [-0.1, -0.05) is 17.7 Å². The van der Waals surface area contributed by atoms with Crippen LogP contribution in [-0.2, 0) is 9.59 Å². The molecule has 0 bridgehead atoms. The van der Waals surface area contributed by atoms with Crippen molar-refractivity contribution in [3.05, 3.63) is 52.8 Å². The summed E-state index contributed by atoms with van der Waals surface area (Å²) in [6.07, 6.45) is 0. The van der Waals surface area contributed by atoms with E-state index in [1.807, 2.05) is 19.1 Å². The number of carbonyl (C=O) groups is 2. The van der Waals surface area contributed by atoms with Gasteiger partial charge in [-0.25, -0.2) is 4.39 Å². The average molecular weight is 349 g/mol. The molecule has 0 aliphatic carbocycles. The van der Waals surface area contributed by atoms with Crippen LogP contribution in [0.4, 0.5) is 15.8 Å². The number of aryl methyl sites for hydroxylation is 1. The van der Waals surface area contributed by atoms with Crippen LogP contribution in [0.5, 0.6) is 5.75 Å². The first-order valence-corrected chi connectivity index (χ1v) is 7.60. The summed E-state index contributed by atoms with van der Waals surface area (Å²) in [4.78, 5) is 25.7. The van der Waals surface area contributed by atoms with Gasteiger partial charge in [-0.15, -0.1) is 0 Å². The van der Waals surface area contributed by atoms with Gasteiger partial charge in [0.2, 0.25) is 5.91 Å². The highest BCUT2D eigenvalue weighted by molar-refractivity contribution is 6.33. The van der Waals surface area contributed by atoms with E-state index in [0.29, 0.717) is 11.4 Å². The summed E-state index contributed by atoms with van der Waals surface area (Å²) >= 11 is 5.89. The third kappa shape index (κ3) is 3.33. The van der Waals surface area contributed by atoms with Gasteiger partial charge in [0.25, 0.3) is 5.91 Å². The highest BCUT2D eigenvalue weighted by Gasteiger charge is 2.27. The first-order valence-electron chi connectivity index (χ1n) is 7.23. The van der Waals surface area contributed by atoms with Crippen LogP contribution >= 0.6 is 11.6 Å². The molecule has 3 rings (SSSR count). The summed E-state index contributed by atoms with van der Waals surface area (Å²) < 4.78 is 18.4. The minimum absolute atomic E-state index is 0.0904. The molecule has 124 valence electrons. The fraction of sp³-hybridized carbons (Fsp3) is 0.176. The van der Waals surface area contributed by atoms with Gasteiger partial charge in [0.15, 0.2) is 6.61 Å². The van der Waals surface area contributed by atoms with Gasteiger partial charge in [-0.05, 0) is 42.8 Å². The van der Waals surface area contributed by atoms with E-state index in [0.717, 1.165) is 11.6 Å². The number of nitrogens with zero attached hydrogens (tertiary/aromatic N) is 1. The van der Waals surface area contributed by atoms with Crippen LogP contribution in [-0.4, -0.2) is 25.0 Å². The molecule has 24 heavy (non-hydrogen) atoms. The molecular weight excluding hydrogens is 335 g/mol. The van der Waals surface area contributed by atoms with Crippen LogP contribution in [0.1, 0.15) is 5.56 Å². The monoisotopic (exact) mass is 348 g/mol. The normalized spacial score (nSPS) is 13.3. The van der Waals surface area contributed by atoms with Crippen LogP contribution in [0.15, 0.2) is 36.4 Å². The summed E-state index contributed by atoms with van der Waals surface area (Å²) in [6, 6.07) is 9.05. The van der Waals surface area contributed by atoms with E-state index < -0.39 is 11.7 Å². The average Bonchev–Trinajstić information content (AvgIpc) is 2.53. The molecule has 0 aromatic heterocycles. The molecule has 2 aromatic rings. The summed E-state index contributed by atoms with van der Waals surface area (Å²) in [7, 11) is 0. The van der Waals surface area contributed by atoms with Crippen LogP contribution in [0.25, 0.3) is 0 Å². The van der Waals surface area contributed by atoms with Crippen molar-refractivity contribution in [2.75, 3.05) is 23.4 Å². The lowest BCUT2D eigenvalue weighted by molar-refractivity contribution is -0.123. The predicted octanol–water partition coefficient (Wildman–Crippen LogP) is 3.15. The zero-order chi connectivity index (χ0) is 17.3. The maximum atomic E-state index is 13.0. The van der Waals surface area contributed by atoms with Crippen LogP contribution in [0.2, 0.25) is 5.02 Å². The summed E-state index contributed by atoms with van der Waals surface area (Å²) in [5.74, 6) is -0.690. The molecule has 2 amide bonds. The molecule has 7 heteroatoms. The first-order chi connectivity index (χ1) is 11.4. The molecule has 2 aromatic carbocycles. The molecule has 1 aliphatic heterocycles. The summed E-state index contributed by atoms with van der Waals surface area (Å²) in [5.41, 5.74) is 1.82. The highest BCUT2D eigenvalue weighted by atomic mass is 35.5. The van der Waals surface area contributed by atoms with Crippen LogP contribution < -0.4 is 15.0 Å². The number of anilines is 2. The van der Waals surface area contributed by atoms with Gasteiger partial charge >= 0.3 is 0 Å². The standard InChI is InChI=1S/C17H14ClFN2O3/c1-10-2-5-14-15(6-10)24-9-17(23)21(14)8-16(22)20-13-4-3-11(19)7-12(13)18/h2-7H,8-9H2,1H3,(H,20,22). The number of halogens is 2. The molecule has 0 unspecified atom stereocenters. The summed E-state index contributed by atoms with van der Waals surface area (Å²) in [5, 5.41) is 2.67. The summed E-state index contributed by atoms with van der Waals surface area (Å²) in [6.45, 7) is 1.60. The van der Waals surface area contributed by atoms with E-state index in [-0.39, 0.29) is 29.8 Å². The van der Waals surface area contributed by atoms with Crippen molar-refractivity contribution in [2.45, 2.75) is 6.92 Å². The van der Waals surface area contributed by atoms with E-state index in [4.69, 9.17) is 16.3 Å². The molecule has 5 nitrogen and oxygen atoms in total. The molecule has 0 saturated carbocycles. The Labute approximate surface area is 143 Å². The predicted molar refractivity (Wildman–Crippen MR) is 89.1 cm³/mol. The van der Waals surface area contributed by atoms with Gasteiger partial charge in [-0.3, -0.25) is 14.5 Å². The lowest BCUT2D eigenvalue weighted by atomic mass is 10.1. The molecule has 0 saturated heterocycles. The van der Waals surface area contributed by atoms with Crippen LogP contribution in [0, 0.1) is 12.7 Å². The van der Waals surface area contributed by atoms with E-state index in [1.54, 1.807) is 6.07 Å². The second-order valence-corrected chi connectivity index (χ2v) is 5.82. The van der Waals surface area contributed by atoms with Crippen molar-refractivity contribution in [3.8, 4) is 5.75 Å². The molecule has 0 spiro atoms. The quantitative estimate of drug-likeness (QED) is 0.927. The molecule has 0 radical (unpaired) electrons. The number of benzene rings is 2. The van der Waals surface area contributed by atoms with Crippen LogP contribution in [0.3, 0.4) is 0 Å². The number of fused-ring (bicyclic) bond motifs is 1. The van der Waals surface area contributed by atoms with Crippen molar-refractivity contribution < 1.29 is 18.7 Å². The third-order valence-electron chi connectivity index (χ3n) is 3.57. The zero-order valence-corrected chi connectivity index (χ0v) is 13.6. The molecule has 1 aliphatic rings. The Morgan fingerprint density at radius 3 is 2.88 bits per heavy atom. The fourth-order valence-electron chi connectivity index (χ4n) is 2.41. The zero-order valence-electron chi connectivity index (χ0n) is 12.8. The van der Waals surface area contributed by atoms with Gasteiger partial charge < -0.3 is 10.1 Å². The molecule has 0 fully saturated rings. The second-order valence-electron chi connectivity index (χ2n) is 5.41. The molecule has 1 N–H and O–H groups in total. The van der Waals surface area contributed by atoms with E-state index >= 15 is 0 Å². The van der Waals surface area contributed by atoms with Crippen molar-refractivity contribution in [2.24, 2.45) is 0 Å². The first kappa shape index (κ1) is 16.3. The SMILES string of the molecule is Cc1ccc2c(c1)OCC(=O)N2CC(=O)Nc1ccc(F)cc1Cl. The Hall–Kier alpha value is -2.60. The smallest absolute Gasteiger partial charge is 0.265 e. The lowest BCUT2D eigenvalue weighted by Crippen LogP contribution is -2.43.